The lowest BCUT2D eigenvalue weighted by molar-refractivity contribution is -0.142. The molecule has 94 valence electrons. The summed E-state index contributed by atoms with van der Waals surface area (Å²) in [6, 6.07) is 0. The Morgan fingerprint density at radius 2 is 2.29 bits per heavy atom. The summed E-state index contributed by atoms with van der Waals surface area (Å²) in [4.78, 5) is 11.4. The average molecular weight is 234 g/mol. The molecule has 0 N–H and O–H groups in total. The topological polar surface area (TPSA) is 26.3 Å². The normalized spacial score (nSPS) is 17.1. The van der Waals surface area contributed by atoms with Gasteiger partial charge in [-0.1, -0.05) is 49.6 Å². The van der Waals surface area contributed by atoms with Crippen LogP contribution < -0.4 is 0 Å². The Labute approximate surface area is 104 Å². The molecular formula is C15H22O2. The Morgan fingerprint density at radius 1 is 1.47 bits per heavy atom. The first kappa shape index (κ1) is 13.8. The van der Waals surface area contributed by atoms with E-state index in [0.717, 1.165) is 18.4 Å². The number of carbonyl (C=O) groups excluding carboxylic acids is 1. The Balaban J connectivity index is 2.44. The van der Waals surface area contributed by atoms with Crippen molar-refractivity contribution >= 4 is 5.97 Å². The van der Waals surface area contributed by atoms with Crippen molar-refractivity contribution in [3.05, 3.63) is 35.5 Å². The smallest absolute Gasteiger partial charge is 0.309 e. The number of hydrogen-bond donors (Lipinski definition) is 0. The highest BCUT2D eigenvalue weighted by Gasteiger charge is 2.09. The van der Waals surface area contributed by atoms with Crippen LogP contribution >= 0.6 is 0 Å². The van der Waals surface area contributed by atoms with Crippen molar-refractivity contribution < 1.29 is 9.53 Å². The van der Waals surface area contributed by atoms with E-state index < -0.39 is 0 Å². The van der Waals surface area contributed by atoms with Crippen molar-refractivity contribution in [2.24, 2.45) is 0 Å². The van der Waals surface area contributed by atoms with E-state index in [1.165, 1.54) is 18.4 Å². The Bertz CT molecular complexity index is 335. The van der Waals surface area contributed by atoms with Crippen LogP contribution in [0.15, 0.2) is 35.5 Å². The monoisotopic (exact) mass is 234 g/mol. The number of allylic oxidation sites excluding steroid dienone is 5. The van der Waals surface area contributed by atoms with Gasteiger partial charge in [0.1, 0.15) is 0 Å². The highest BCUT2D eigenvalue weighted by atomic mass is 16.5. The fourth-order valence-electron chi connectivity index (χ4n) is 1.84. The van der Waals surface area contributed by atoms with Crippen LogP contribution in [0.4, 0.5) is 0 Å². The van der Waals surface area contributed by atoms with E-state index >= 15 is 0 Å². The molecule has 1 rings (SSSR count). The molecule has 1 aliphatic rings. The van der Waals surface area contributed by atoms with E-state index in [4.69, 9.17) is 4.74 Å². The summed E-state index contributed by atoms with van der Waals surface area (Å²) in [5, 5.41) is 0. The third-order valence-electron chi connectivity index (χ3n) is 2.71. The zero-order valence-corrected chi connectivity index (χ0v) is 10.9. The summed E-state index contributed by atoms with van der Waals surface area (Å²) >= 11 is 0. The molecule has 0 spiro atoms. The molecule has 1 aliphatic carbocycles. The molecule has 17 heavy (non-hydrogen) atoms. The first-order valence-electron chi connectivity index (χ1n) is 6.47. The van der Waals surface area contributed by atoms with Crippen molar-refractivity contribution in [3.63, 3.8) is 0 Å². The maximum absolute atomic E-state index is 11.4. The van der Waals surface area contributed by atoms with E-state index in [1.807, 2.05) is 19.1 Å². The Morgan fingerprint density at radius 3 is 3.00 bits per heavy atom. The fraction of sp³-hybridized carbons (Fsp3) is 0.533. The third-order valence-corrected chi connectivity index (χ3v) is 2.71. The first-order chi connectivity index (χ1) is 8.26. The average Bonchev–Trinajstić information content (AvgIpc) is 2.30. The zero-order valence-electron chi connectivity index (χ0n) is 10.9. The molecule has 0 bridgehead atoms. The summed E-state index contributed by atoms with van der Waals surface area (Å²) in [6.07, 6.45) is 13.3. The van der Waals surface area contributed by atoms with Crippen LogP contribution in [-0.2, 0) is 9.53 Å². The molecule has 0 aromatic rings. The molecule has 0 atom stereocenters. The van der Waals surface area contributed by atoms with Gasteiger partial charge in [-0.2, -0.15) is 0 Å². The van der Waals surface area contributed by atoms with Gasteiger partial charge < -0.3 is 4.74 Å². The molecule has 2 heteroatoms. The molecule has 0 aromatic carbocycles. The van der Waals surface area contributed by atoms with Gasteiger partial charge in [0, 0.05) is 0 Å². The highest BCUT2D eigenvalue weighted by Crippen LogP contribution is 2.21. The van der Waals surface area contributed by atoms with Gasteiger partial charge in [-0.15, -0.1) is 0 Å². The standard InChI is InChI=1S/C15H22O2/c1-3-5-6-8-13-9-7-10-14(11-13)12-15(16)17-4-2/h7-10H,3-6,11-12H2,1-2H3. The van der Waals surface area contributed by atoms with Gasteiger partial charge in [0.05, 0.1) is 13.0 Å². The molecule has 0 fully saturated rings. The van der Waals surface area contributed by atoms with Gasteiger partial charge in [0.25, 0.3) is 0 Å². The van der Waals surface area contributed by atoms with Crippen molar-refractivity contribution in [1.29, 1.82) is 0 Å². The Kier molecular flexibility index (Phi) is 6.38. The van der Waals surface area contributed by atoms with Crippen LogP contribution in [0.3, 0.4) is 0 Å². The zero-order chi connectivity index (χ0) is 12.5. The van der Waals surface area contributed by atoms with Crippen LogP contribution in [0.25, 0.3) is 0 Å². The quantitative estimate of drug-likeness (QED) is 0.514. The maximum Gasteiger partial charge on any atom is 0.309 e. The molecule has 0 saturated carbocycles. The number of ether oxygens (including phenoxy) is 1. The number of rotatable bonds is 6. The number of unbranched alkanes of at least 4 members (excludes halogenated alkanes) is 2. The van der Waals surface area contributed by atoms with Crippen molar-refractivity contribution in [3.8, 4) is 0 Å². The predicted octanol–water partition coefficient (Wildman–Crippen LogP) is 3.94. The lowest BCUT2D eigenvalue weighted by Gasteiger charge is -2.11. The van der Waals surface area contributed by atoms with Crippen molar-refractivity contribution in [2.45, 2.75) is 46.0 Å². The molecule has 2 nitrogen and oxygen atoms in total. The minimum absolute atomic E-state index is 0.123. The van der Waals surface area contributed by atoms with Crippen LogP contribution in [0.1, 0.15) is 46.0 Å². The minimum atomic E-state index is -0.123. The second kappa shape index (κ2) is 7.88. The SMILES string of the molecule is CCCCC=C1C=CC=C(CC(=O)OCC)C1. The lowest BCUT2D eigenvalue weighted by Crippen LogP contribution is -2.06. The van der Waals surface area contributed by atoms with Gasteiger partial charge in [0.15, 0.2) is 0 Å². The van der Waals surface area contributed by atoms with Crippen LogP contribution in [0.2, 0.25) is 0 Å². The molecule has 0 saturated heterocycles. The van der Waals surface area contributed by atoms with Gasteiger partial charge in [-0.25, -0.2) is 0 Å². The lowest BCUT2D eigenvalue weighted by atomic mass is 9.96. The third kappa shape index (κ3) is 5.53. The van der Waals surface area contributed by atoms with E-state index in [1.54, 1.807) is 0 Å². The fourth-order valence-corrected chi connectivity index (χ4v) is 1.84. The van der Waals surface area contributed by atoms with Crippen molar-refractivity contribution in [2.75, 3.05) is 6.61 Å². The molecule has 0 heterocycles. The highest BCUT2D eigenvalue weighted by molar-refractivity contribution is 5.73. The van der Waals surface area contributed by atoms with Crippen LogP contribution in [-0.4, -0.2) is 12.6 Å². The number of carbonyl (C=O) groups is 1. The van der Waals surface area contributed by atoms with Crippen LogP contribution in [0.5, 0.6) is 0 Å². The second-order valence-electron chi connectivity index (χ2n) is 4.26. The predicted molar refractivity (Wildman–Crippen MR) is 70.7 cm³/mol. The van der Waals surface area contributed by atoms with Crippen molar-refractivity contribution in [1.82, 2.24) is 0 Å². The molecule has 0 aromatic heterocycles. The van der Waals surface area contributed by atoms with E-state index in [-0.39, 0.29) is 5.97 Å². The van der Waals surface area contributed by atoms with Gasteiger partial charge in [-0.3, -0.25) is 4.79 Å². The van der Waals surface area contributed by atoms with Gasteiger partial charge >= 0.3 is 5.97 Å². The largest absolute Gasteiger partial charge is 0.466 e. The van der Waals surface area contributed by atoms with E-state index in [0.29, 0.717) is 13.0 Å². The Hall–Kier alpha value is -1.31. The number of hydrogen-bond acceptors (Lipinski definition) is 2. The molecule has 0 radical (unpaired) electrons. The van der Waals surface area contributed by atoms with Gasteiger partial charge in [0.2, 0.25) is 0 Å². The summed E-state index contributed by atoms with van der Waals surface area (Å²) in [6.45, 7) is 4.49. The van der Waals surface area contributed by atoms with E-state index in [9.17, 15) is 4.79 Å². The summed E-state index contributed by atoms with van der Waals surface area (Å²) in [7, 11) is 0. The summed E-state index contributed by atoms with van der Waals surface area (Å²) in [5.74, 6) is -0.123. The maximum atomic E-state index is 11.4. The minimum Gasteiger partial charge on any atom is -0.466 e. The first-order valence-corrected chi connectivity index (χ1v) is 6.47. The molecule has 0 amide bonds. The second-order valence-corrected chi connectivity index (χ2v) is 4.26. The summed E-state index contributed by atoms with van der Waals surface area (Å²) in [5.41, 5.74) is 2.47. The molecule has 0 unspecified atom stereocenters. The molecular weight excluding hydrogens is 212 g/mol. The van der Waals surface area contributed by atoms with Crippen LogP contribution in [0, 0.1) is 0 Å². The summed E-state index contributed by atoms with van der Waals surface area (Å²) < 4.78 is 4.96. The van der Waals surface area contributed by atoms with Gasteiger partial charge in [-0.05, 0) is 25.3 Å². The van der Waals surface area contributed by atoms with E-state index in [2.05, 4.69) is 19.1 Å². The number of esters is 1. The molecule has 0 aliphatic heterocycles.